The quantitative estimate of drug-likeness (QED) is 0.842. The van der Waals surface area contributed by atoms with Crippen molar-refractivity contribution in [2.24, 2.45) is 0 Å². The van der Waals surface area contributed by atoms with Gasteiger partial charge in [0.15, 0.2) is 5.78 Å². The number of hydrogen-bond acceptors (Lipinski definition) is 3. The Morgan fingerprint density at radius 1 is 1.35 bits per heavy atom. The Kier molecular flexibility index (Phi) is 4.12. The lowest BCUT2D eigenvalue weighted by Crippen LogP contribution is -2.38. The van der Waals surface area contributed by atoms with Crippen LogP contribution in [-0.4, -0.2) is 29.9 Å². The molecule has 1 heterocycles. The molecule has 0 aliphatic carbocycles. The van der Waals surface area contributed by atoms with Gasteiger partial charge in [0, 0.05) is 42.1 Å². The number of nitrogens with one attached hydrogen (secondary N) is 1. The molecule has 1 aliphatic heterocycles. The van der Waals surface area contributed by atoms with Crippen LogP contribution in [0.25, 0.3) is 0 Å². The van der Waals surface area contributed by atoms with Crippen molar-refractivity contribution >= 4 is 17.5 Å². The molecule has 0 amide bonds. The lowest BCUT2D eigenvalue weighted by atomic mass is 10.0. The molecule has 0 bridgehead atoms. The minimum atomic E-state index is -0.709. The molecule has 1 unspecified atom stereocenters. The van der Waals surface area contributed by atoms with E-state index in [0.717, 1.165) is 36.2 Å². The summed E-state index contributed by atoms with van der Waals surface area (Å²) in [5, 5.41) is 3.22. The van der Waals surface area contributed by atoms with Gasteiger partial charge in [-0.1, -0.05) is 0 Å². The fourth-order valence-corrected chi connectivity index (χ4v) is 2.76. The van der Waals surface area contributed by atoms with E-state index in [-0.39, 0.29) is 23.8 Å². The average Bonchev–Trinajstić information content (AvgIpc) is 2.29. The second kappa shape index (κ2) is 5.60. The molecule has 1 N–H and O–H groups in total. The normalized spacial score (nSPS) is 20.2. The molecule has 1 aromatic carbocycles. The summed E-state index contributed by atoms with van der Waals surface area (Å²) in [7, 11) is 0. The second-order valence-corrected chi connectivity index (χ2v) is 5.16. The fourth-order valence-electron chi connectivity index (χ4n) is 1.81. The smallest absolute Gasteiger partial charge is 0.164 e. The third-order valence-corrected chi connectivity index (χ3v) is 3.75. The molecule has 0 aromatic heterocycles. The molecular formula is C12H13F2NOS. The summed E-state index contributed by atoms with van der Waals surface area (Å²) < 4.78 is 25.9. The molecule has 92 valence electrons. The van der Waals surface area contributed by atoms with Crippen LogP contribution < -0.4 is 5.32 Å². The molecule has 0 radical (unpaired) electrons. The lowest BCUT2D eigenvalue weighted by Gasteiger charge is -2.22. The van der Waals surface area contributed by atoms with E-state index >= 15 is 0 Å². The molecule has 2 rings (SSSR count). The number of thioether (sulfide) groups is 1. The molecule has 0 saturated carbocycles. The Bertz CT molecular complexity index is 399. The van der Waals surface area contributed by atoms with Gasteiger partial charge in [-0.05, 0) is 12.1 Å². The standard InChI is InChI=1S/C12H13F2NOS/c13-9-3-8(4-10(14)5-9)12(16)6-11-7-17-2-1-15-11/h3-5,11,15H,1-2,6-7H2. The molecule has 1 fully saturated rings. The summed E-state index contributed by atoms with van der Waals surface area (Å²) in [6, 6.07) is 3.04. The van der Waals surface area contributed by atoms with Crippen molar-refractivity contribution in [1.82, 2.24) is 5.32 Å². The van der Waals surface area contributed by atoms with Gasteiger partial charge in [-0.25, -0.2) is 8.78 Å². The minimum Gasteiger partial charge on any atom is -0.312 e. The van der Waals surface area contributed by atoms with Crippen molar-refractivity contribution in [3.63, 3.8) is 0 Å². The van der Waals surface area contributed by atoms with E-state index in [1.807, 2.05) is 0 Å². The highest BCUT2D eigenvalue weighted by Crippen LogP contribution is 2.15. The Balaban J connectivity index is 2.03. The number of Topliss-reactive ketones (excluding diaryl/α,β-unsaturated/α-hetero) is 1. The minimum absolute atomic E-state index is 0.104. The maximum absolute atomic E-state index is 13.0. The molecule has 1 atom stereocenters. The Morgan fingerprint density at radius 2 is 2.06 bits per heavy atom. The third kappa shape index (κ3) is 3.51. The topological polar surface area (TPSA) is 29.1 Å². The van der Waals surface area contributed by atoms with Crippen LogP contribution in [0.5, 0.6) is 0 Å². The second-order valence-electron chi connectivity index (χ2n) is 4.01. The Morgan fingerprint density at radius 3 is 2.65 bits per heavy atom. The van der Waals surface area contributed by atoms with E-state index in [0.29, 0.717) is 0 Å². The summed E-state index contributed by atoms with van der Waals surface area (Å²) in [6.45, 7) is 0.875. The lowest BCUT2D eigenvalue weighted by molar-refractivity contribution is 0.0971. The fraction of sp³-hybridized carbons (Fsp3) is 0.417. The van der Waals surface area contributed by atoms with Crippen LogP contribution in [0, 0.1) is 11.6 Å². The molecule has 1 saturated heterocycles. The van der Waals surface area contributed by atoms with Gasteiger partial charge in [0.2, 0.25) is 0 Å². The van der Waals surface area contributed by atoms with Gasteiger partial charge in [-0.15, -0.1) is 0 Å². The van der Waals surface area contributed by atoms with Crippen LogP contribution in [0.2, 0.25) is 0 Å². The van der Waals surface area contributed by atoms with Gasteiger partial charge in [-0.2, -0.15) is 11.8 Å². The zero-order valence-corrected chi connectivity index (χ0v) is 10.0. The first-order valence-electron chi connectivity index (χ1n) is 5.45. The van der Waals surface area contributed by atoms with E-state index in [2.05, 4.69) is 5.32 Å². The molecule has 1 aliphatic rings. The van der Waals surface area contributed by atoms with Gasteiger partial charge in [0.1, 0.15) is 11.6 Å². The zero-order chi connectivity index (χ0) is 12.3. The Labute approximate surface area is 103 Å². The van der Waals surface area contributed by atoms with Crippen LogP contribution in [-0.2, 0) is 0 Å². The number of hydrogen-bond donors (Lipinski definition) is 1. The van der Waals surface area contributed by atoms with E-state index < -0.39 is 11.6 Å². The van der Waals surface area contributed by atoms with Crippen LogP contribution in [0.4, 0.5) is 8.78 Å². The first kappa shape index (κ1) is 12.5. The van der Waals surface area contributed by atoms with Crippen molar-refractivity contribution in [3.05, 3.63) is 35.4 Å². The molecule has 1 aromatic rings. The van der Waals surface area contributed by atoms with Gasteiger partial charge >= 0.3 is 0 Å². The monoisotopic (exact) mass is 257 g/mol. The number of carbonyl (C=O) groups excluding carboxylic acids is 1. The van der Waals surface area contributed by atoms with E-state index in [4.69, 9.17) is 0 Å². The molecule has 17 heavy (non-hydrogen) atoms. The average molecular weight is 257 g/mol. The van der Waals surface area contributed by atoms with E-state index in [1.165, 1.54) is 0 Å². The summed E-state index contributed by atoms with van der Waals surface area (Å²) in [5.41, 5.74) is 0.111. The number of halogens is 2. The van der Waals surface area contributed by atoms with Crippen molar-refractivity contribution in [3.8, 4) is 0 Å². The van der Waals surface area contributed by atoms with Gasteiger partial charge in [0.05, 0.1) is 0 Å². The highest BCUT2D eigenvalue weighted by Gasteiger charge is 2.18. The number of carbonyl (C=O) groups is 1. The number of ketones is 1. The third-order valence-electron chi connectivity index (χ3n) is 2.61. The predicted molar refractivity (Wildman–Crippen MR) is 64.4 cm³/mol. The van der Waals surface area contributed by atoms with Gasteiger partial charge in [0.25, 0.3) is 0 Å². The first-order valence-corrected chi connectivity index (χ1v) is 6.61. The van der Waals surface area contributed by atoms with Crippen molar-refractivity contribution in [2.75, 3.05) is 18.1 Å². The molecule has 5 heteroatoms. The van der Waals surface area contributed by atoms with Crippen LogP contribution in [0.1, 0.15) is 16.8 Å². The molecule has 2 nitrogen and oxygen atoms in total. The maximum Gasteiger partial charge on any atom is 0.164 e. The first-order chi connectivity index (χ1) is 8.15. The van der Waals surface area contributed by atoms with E-state index in [9.17, 15) is 13.6 Å². The maximum atomic E-state index is 13.0. The van der Waals surface area contributed by atoms with Crippen LogP contribution >= 0.6 is 11.8 Å². The largest absolute Gasteiger partial charge is 0.312 e. The van der Waals surface area contributed by atoms with Crippen molar-refractivity contribution in [1.29, 1.82) is 0 Å². The highest BCUT2D eigenvalue weighted by atomic mass is 32.2. The summed E-state index contributed by atoms with van der Waals surface area (Å²) in [5.74, 6) is 0.269. The van der Waals surface area contributed by atoms with E-state index in [1.54, 1.807) is 11.8 Å². The predicted octanol–water partition coefficient (Wildman–Crippen LogP) is 2.24. The molecule has 0 spiro atoms. The van der Waals surface area contributed by atoms with Crippen LogP contribution in [0.3, 0.4) is 0 Å². The number of benzene rings is 1. The molecular weight excluding hydrogens is 244 g/mol. The van der Waals surface area contributed by atoms with Crippen molar-refractivity contribution in [2.45, 2.75) is 12.5 Å². The van der Waals surface area contributed by atoms with Crippen LogP contribution in [0.15, 0.2) is 18.2 Å². The highest BCUT2D eigenvalue weighted by molar-refractivity contribution is 7.99. The van der Waals surface area contributed by atoms with Gasteiger partial charge < -0.3 is 5.32 Å². The van der Waals surface area contributed by atoms with Gasteiger partial charge in [-0.3, -0.25) is 4.79 Å². The summed E-state index contributed by atoms with van der Waals surface area (Å²) >= 11 is 1.78. The Hall–Kier alpha value is -0.940. The zero-order valence-electron chi connectivity index (χ0n) is 9.21. The summed E-state index contributed by atoms with van der Waals surface area (Å²) in [6.07, 6.45) is 0.288. The SMILES string of the molecule is O=C(CC1CSCCN1)c1cc(F)cc(F)c1. The summed E-state index contributed by atoms with van der Waals surface area (Å²) in [4.78, 5) is 11.8. The number of rotatable bonds is 3. The van der Waals surface area contributed by atoms with Crippen molar-refractivity contribution < 1.29 is 13.6 Å².